The van der Waals surface area contributed by atoms with Gasteiger partial charge in [-0.2, -0.15) is 0 Å². The largest absolute Gasteiger partial charge is 0.0843 e. The molecule has 0 heterocycles. The van der Waals surface area contributed by atoms with Crippen LogP contribution in [0, 0.1) is 0 Å². The quantitative estimate of drug-likeness (QED) is 0.510. The second-order valence-corrected chi connectivity index (χ2v) is 6.09. The molecule has 3 aromatic carbocycles. The van der Waals surface area contributed by atoms with Crippen molar-refractivity contribution in [3.8, 4) is 0 Å². The summed E-state index contributed by atoms with van der Waals surface area (Å²) < 4.78 is 0. The van der Waals surface area contributed by atoms with E-state index >= 15 is 0 Å². The van der Waals surface area contributed by atoms with Crippen molar-refractivity contribution in [3.63, 3.8) is 0 Å². The van der Waals surface area contributed by atoms with Gasteiger partial charge in [0.05, 0.1) is 0 Å². The Morgan fingerprint density at radius 1 is 0.739 bits per heavy atom. The molecule has 0 bridgehead atoms. The second-order valence-electron chi connectivity index (χ2n) is 5.65. The number of allylic oxidation sites excluding steroid dienone is 1. The summed E-state index contributed by atoms with van der Waals surface area (Å²) in [7, 11) is 0. The molecule has 0 aliphatic rings. The average molecular weight is 319 g/mol. The Bertz CT molecular complexity index is 730. The van der Waals surface area contributed by atoms with Crippen LogP contribution in [0.25, 0.3) is 5.57 Å². The Kier molecular flexibility index (Phi) is 4.95. The molecular weight excluding hydrogens is 300 g/mol. The molecule has 0 spiro atoms. The topological polar surface area (TPSA) is 0 Å². The molecule has 0 amide bonds. The standard InChI is InChI=1S/C22H19Cl/c1-17(18-12-14-21(23)15-13-18)16-22(19-8-4-2-5-9-19)20-10-6-3-7-11-20/h2-17H,1H3. The van der Waals surface area contributed by atoms with Crippen LogP contribution in [0.4, 0.5) is 0 Å². The van der Waals surface area contributed by atoms with E-state index in [-0.39, 0.29) is 0 Å². The van der Waals surface area contributed by atoms with Crippen LogP contribution in [0.1, 0.15) is 29.5 Å². The molecule has 114 valence electrons. The van der Waals surface area contributed by atoms with Crippen molar-refractivity contribution in [2.45, 2.75) is 12.8 Å². The predicted octanol–water partition coefficient (Wildman–Crippen LogP) is 6.58. The third-order valence-corrected chi connectivity index (χ3v) is 4.23. The van der Waals surface area contributed by atoms with E-state index in [2.05, 4.69) is 85.8 Å². The van der Waals surface area contributed by atoms with E-state index in [1.165, 1.54) is 22.3 Å². The summed E-state index contributed by atoms with van der Waals surface area (Å²) in [6, 6.07) is 29.2. The molecule has 0 fully saturated rings. The summed E-state index contributed by atoms with van der Waals surface area (Å²) in [5.74, 6) is 0.308. The Labute approximate surface area is 143 Å². The molecule has 0 aliphatic heterocycles. The highest BCUT2D eigenvalue weighted by Crippen LogP contribution is 2.28. The Morgan fingerprint density at radius 3 is 1.70 bits per heavy atom. The van der Waals surface area contributed by atoms with Gasteiger partial charge in [0, 0.05) is 5.02 Å². The van der Waals surface area contributed by atoms with Crippen LogP contribution in [-0.2, 0) is 0 Å². The van der Waals surface area contributed by atoms with E-state index in [1.807, 2.05) is 12.1 Å². The van der Waals surface area contributed by atoms with E-state index < -0.39 is 0 Å². The number of benzene rings is 3. The maximum atomic E-state index is 6.00. The first kappa shape index (κ1) is 15.6. The molecule has 0 aliphatic carbocycles. The maximum Gasteiger partial charge on any atom is 0.0406 e. The molecule has 1 heteroatoms. The van der Waals surface area contributed by atoms with Crippen LogP contribution in [0.15, 0.2) is 91.0 Å². The zero-order chi connectivity index (χ0) is 16.1. The van der Waals surface area contributed by atoms with Crippen LogP contribution >= 0.6 is 11.6 Å². The minimum atomic E-state index is 0.308. The fourth-order valence-electron chi connectivity index (χ4n) is 2.71. The molecule has 0 saturated heterocycles. The molecule has 1 atom stereocenters. The van der Waals surface area contributed by atoms with Crippen molar-refractivity contribution in [2.24, 2.45) is 0 Å². The average Bonchev–Trinajstić information content (AvgIpc) is 2.61. The molecule has 3 aromatic rings. The van der Waals surface area contributed by atoms with Gasteiger partial charge in [-0.05, 0) is 40.3 Å². The molecule has 0 N–H and O–H groups in total. The highest BCUT2D eigenvalue weighted by Gasteiger charge is 2.08. The van der Waals surface area contributed by atoms with Gasteiger partial charge in [-0.1, -0.05) is 97.4 Å². The highest BCUT2D eigenvalue weighted by molar-refractivity contribution is 6.30. The first-order valence-corrected chi connectivity index (χ1v) is 8.20. The van der Waals surface area contributed by atoms with Crippen LogP contribution in [-0.4, -0.2) is 0 Å². The molecule has 23 heavy (non-hydrogen) atoms. The molecule has 0 nitrogen and oxygen atoms in total. The van der Waals surface area contributed by atoms with Gasteiger partial charge in [-0.15, -0.1) is 0 Å². The lowest BCUT2D eigenvalue weighted by Crippen LogP contribution is -1.94. The van der Waals surface area contributed by atoms with Gasteiger partial charge < -0.3 is 0 Å². The number of rotatable bonds is 4. The fraction of sp³-hybridized carbons (Fsp3) is 0.0909. The van der Waals surface area contributed by atoms with E-state index in [1.54, 1.807) is 0 Å². The summed E-state index contributed by atoms with van der Waals surface area (Å²) in [4.78, 5) is 0. The summed E-state index contributed by atoms with van der Waals surface area (Å²) in [6.07, 6.45) is 2.33. The lowest BCUT2D eigenvalue weighted by Gasteiger charge is -2.13. The molecule has 1 unspecified atom stereocenters. The molecule has 0 aromatic heterocycles. The fourth-order valence-corrected chi connectivity index (χ4v) is 2.83. The maximum absolute atomic E-state index is 6.00. The van der Waals surface area contributed by atoms with Gasteiger partial charge >= 0.3 is 0 Å². The Morgan fingerprint density at radius 2 is 1.22 bits per heavy atom. The Hall–Kier alpha value is -2.31. The second kappa shape index (κ2) is 7.30. The van der Waals surface area contributed by atoms with E-state index in [0.29, 0.717) is 5.92 Å². The highest BCUT2D eigenvalue weighted by atomic mass is 35.5. The summed E-state index contributed by atoms with van der Waals surface area (Å²) in [5, 5.41) is 0.774. The lowest BCUT2D eigenvalue weighted by atomic mass is 9.91. The molecule has 3 rings (SSSR count). The summed E-state index contributed by atoms with van der Waals surface area (Å²) in [6.45, 7) is 2.22. The summed E-state index contributed by atoms with van der Waals surface area (Å²) >= 11 is 6.00. The van der Waals surface area contributed by atoms with Crippen molar-refractivity contribution in [2.75, 3.05) is 0 Å². The molecule has 0 radical (unpaired) electrons. The molecule has 0 saturated carbocycles. The zero-order valence-corrected chi connectivity index (χ0v) is 13.9. The minimum absolute atomic E-state index is 0.308. The summed E-state index contributed by atoms with van der Waals surface area (Å²) in [5.41, 5.74) is 4.99. The number of hydrogen-bond donors (Lipinski definition) is 0. The van der Waals surface area contributed by atoms with Crippen LogP contribution in [0.3, 0.4) is 0 Å². The van der Waals surface area contributed by atoms with Gasteiger partial charge in [0.15, 0.2) is 0 Å². The van der Waals surface area contributed by atoms with Crippen molar-refractivity contribution in [1.29, 1.82) is 0 Å². The van der Waals surface area contributed by atoms with Gasteiger partial charge in [0.2, 0.25) is 0 Å². The molecular formula is C22H19Cl. The van der Waals surface area contributed by atoms with Gasteiger partial charge in [-0.25, -0.2) is 0 Å². The van der Waals surface area contributed by atoms with Gasteiger partial charge in [-0.3, -0.25) is 0 Å². The predicted molar refractivity (Wildman–Crippen MR) is 99.8 cm³/mol. The van der Waals surface area contributed by atoms with E-state index in [0.717, 1.165) is 5.02 Å². The van der Waals surface area contributed by atoms with Crippen molar-refractivity contribution >= 4 is 17.2 Å². The number of halogens is 1. The van der Waals surface area contributed by atoms with Crippen LogP contribution in [0.2, 0.25) is 5.02 Å². The third-order valence-electron chi connectivity index (χ3n) is 3.98. The Balaban J connectivity index is 2.03. The van der Waals surface area contributed by atoms with Crippen molar-refractivity contribution in [3.05, 3.63) is 113 Å². The smallest absolute Gasteiger partial charge is 0.0406 e. The van der Waals surface area contributed by atoms with Crippen molar-refractivity contribution in [1.82, 2.24) is 0 Å². The lowest BCUT2D eigenvalue weighted by molar-refractivity contribution is 0.969. The van der Waals surface area contributed by atoms with Gasteiger partial charge in [0.25, 0.3) is 0 Å². The first-order chi connectivity index (χ1) is 11.2. The van der Waals surface area contributed by atoms with Crippen LogP contribution in [0.5, 0.6) is 0 Å². The van der Waals surface area contributed by atoms with E-state index in [4.69, 9.17) is 11.6 Å². The van der Waals surface area contributed by atoms with E-state index in [9.17, 15) is 0 Å². The normalized spacial score (nSPS) is 11.7. The SMILES string of the molecule is CC(C=C(c1ccccc1)c1ccccc1)c1ccc(Cl)cc1. The zero-order valence-electron chi connectivity index (χ0n) is 13.1. The first-order valence-electron chi connectivity index (χ1n) is 7.82. The van der Waals surface area contributed by atoms with Crippen LogP contribution < -0.4 is 0 Å². The third kappa shape index (κ3) is 3.91. The van der Waals surface area contributed by atoms with Gasteiger partial charge in [0.1, 0.15) is 0 Å². The monoisotopic (exact) mass is 318 g/mol. The minimum Gasteiger partial charge on any atom is -0.0843 e. The van der Waals surface area contributed by atoms with Crippen molar-refractivity contribution < 1.29 is 0 Å². The number of hydrogen-bond acceptors (Lipinski definition) is 0.